The lowest BCUT2D eigenvalue weighted by molar-refractivity contribution is 0.0522. The standard InChI is InChI=1S/C20H28N2O4/c1-20(2,3)26-19(24)22-17-12-16(17)13-5-4-6-14(11-13)18(23)21-15-7-9-25-10-8-15/h4-6,11,15-17H,7-10,12H2,1-3H3,(H,21,23)(H,22,24)/t16-,17+/m0/s1. The fourth-order valence-corrected chi connectivity index (χ4v) is 3.20. The topological polar surface area (TPSA) is 76.7 Å². The first-order valence-corrected chi connectivity index (χ1v) is 9.30. The maximum absolute atomic E-state index is 12.5. The Labute approximate surface area is 154 Å². The molecule has 1 aliphatic carbocycles. The van der Waals surface area contributed by atoms with Gasteiger partial charge in [-0.05, 0) is 57.7 Å². The molecule has 1 heterocycles. The molecule has 0 aromatic heterocycles. The van der Waals surface area contributed by atoms with E-state index in [1.54, 1.807) is 0 Å². The van der Waals surface area contributed by atoms with Crippen LogP contribution in [0.1, 0.15) is 61.9 Å². The van der Waals surface area contributed by atoms with Crippen LogP contribution in [0.15, 0.2) is 24.3 Å². The van der Waals surface area contributed by atoms with E-state index in [0.717, 1.165) is 24.8 Å². The van der Waals surface area contributed by atoms with Crippen molar-refractivity contribution < 1.29 is 19.1 Å². The molecule has 0 bridgehead atoms. The maximum atomic E-state index is 12.5. The number of ether oxygens (including phenoxy) is 2. The van der Waals surface area contributed by atoms with E-state index in [4.69, 9.17) is 9.47 Å². The minimum Gasteiger partial charge on any atom is -0.444 e. The number of nitrogens with one attached hydrogen (secondary N) is 2. The molecule has 2 amide bonds. The highest BCUT2D eigenvalue weighted by atomic mass is 16.6. The molecule has 1 saturated heterocycles. The molecule has 26 heavy (non-hydrogen) atoms. The van der Waals surface area contributed by atoms with Gasteiger partial charge in [0.05, 0.1) is 0 Å². The van der Waals surface area contributed by atoms with Gasteiger partial charge in [-0.1, -0.05) is 12.1 Å². The molecule has 6 heteroatoms. The van der Waals surface area contributed by atoms with Crippen LogP contribution in [0.4, 0.5) is 4.79 Å². The number of benzene rings is 1. The number of rotatable bonds is 4. The van der Waals surface area contributed by atoms with Crippen LogP contribution in [0.2, 0.25) is 0 Å². The summed E-state index contributed by atoms with van der Waals surface area (Å²) in [5.41, 5.74) is 1.24. The number of alkyl carbamates (subject to hydrolysis) is 1. The van der Waals surface area contributed by atoms with E-state index in [9.17, 15) is 9.59 Å². The molecule has 1 saturated carbocycles. The quantitative estimate of drug-likeness (QED) is 0.865. The Morgan fingerprint density at radius 1 is 1.15 bits per heavy atom. The normalized spacial score (nSPS) is 23.2. The monoisotopic (exact) mass is 360 g/mol. The second kappa shape index (κ2) is 7.66. The highest BCUT2D eigenvalue weighted by Gasteiger charge is 2.40. The summed E-state index contributed by atoms with van der Waals surface area (Å²) in [5.74, 6) is 0.189. The molecule has 0 unspecified atom stereocenters. The van der Waals surface area contributed by atoms with Crippen molar-refractivity contribution in [1.82, 2.24) is 10.6 Å². The van der Waals surface area contributed by atoms with Crippen LogP contribution in [0.5, 0.6) is 0 Å². The summed E-state index contributed by atoms with van der Waals surface area (Å²) in [6.45, 7) is 6.93. The van der Waals surface area contributed by atoms with Crippen LogP contribution >= 0.6 is 0 Å². The van der Waals surface area contributed by atoms with Crippen LogP contribution in [0, 0.1) is 0 Å². The van der Waals surface area contributed by atoms with E-state index in [2.05, 4.69) is 10.6 Å². The van der Waals surface area contributed by atoms with Crippen LogP contribution < -0.4 is 10.6 Å². The van der Waals surface area contributed by atoms with Gasteiger partial charge in [-0.2, -0.15) is 0 Å². The molecule has 1 aromatic rings. The van der Waals surface area contributed by atoms with Gasteiger partial charge in [-0.3, -0.25) is 4.79 Å². The van der Waals surface area contributed by atoms with Gasteiger partial charge < -0.3 is 20.1 Å². The summed E-state index contributed by atoms with van der Waals surface area (Å²) in [7, 11) is 0. The van der Waals surface area contributed by atoms with Crippen LogP contribution in [-0.4, -0.2) is 42.9 Å². The van der Waals surface area contributed by atoms with Gasteiger partial charge in [0.2, 0.25) is 0 Å². The Hall–Kier alpha value is -2.08. The van der Waals surface area contributed by atoms with Crippen molar-refractivity contribution in [3.63, 3.8) is 0 Å². The Morgan fingerprint density at radius 3 is 2.58 bits per heavy atom. The van der Waals surface area contributed by atoms with Gasteiger partial charge in [-0.25, -0.2) is 4.79 Å². The first kappa shape index (κ1) is 18.7. The highest BCUT2D eigenvalue weighted by Crippen LogP contribution is 2.41. The molecule has 2 fully saturated rings. The minimum atomic E-state index is -0.503. The molecule has 2 N–H and O–H groups in total. The van der Waals surface area contributed by atoms with E-state index < -0.39 is 11.7 Å². The molecule has 1 aliphatic heterocycles. The molecular weight excluding hydrogens is 332 g/mol. The molecular formula is C20H28N2O4. The van der Waals surface area contributed by atoms with Crippen molar-refractivity contribution in [2.24, 2.45) is 0 Å². The first-order valence-electron chi connectivity index (χ1n) is 9.30. The molecule has 6 nitrogen and oxygen atoms in total. The SMILES string of the molecule is CC(C)(C)OC(=O)N[C@@H]1C[C@H]1c1cccc(C(=O)NC2CCOCC2)c1. The summed E-state index contributed by atoms with van der Waals surface area (Å²) in [4.78, 5) is 24.4. The summed E-state index contributed by atoms with van der Waals surface area (Å²) in [5, 5.41) is 5.98. The van der Waals surface area contributed by atoms with Crippen LogP contribution in [0.3, 0.4) is 0 Å². The lowest BCUT2D eigenvalue weighted by atomic mass is 10.0. The molecule has 142 valence electrons. The Bertz CT molecular complexity index is 662. The number of amides is 2. The molecule has 2 atom stereocenters. The first-order chi connectivity index (χ1) is 12.3. The van der Waals surface area contributed by atoms with E-state index in [-0.39, 0.29) is 23.9 Å². The van der Waals surface area contributed by atoms with Crippen molar-refractivity contribution in [3.05, 3.63) is 35.4 Å². The summed E-state index contributed by atoms with van der Waals surface area (Å²) >= 11 is 0. The Kier molecular flexibility index (Phi) is 5.51. The highest BCUT2D eigenvalue weighted by molar-refractivity contribution is 5.94. The van der Waals surface area contributed by atoms with E-state index >= 15 is 0 Å². The fourth-order valence-electron chi connectivity index (χ4n) is 3.20. The number of hydrogen-bond donors (Lipinski definition) is 2. The van der Waals surface area contributed by atoms with E-state index in [1.165, 1.54) is 0 Å². The van der Waals surface area contributed by atoms with Crippen molar-refractivity contribution in [2.45, 2.75) is 63.6 Å². The summed E-state index contributed by atoms with van der Waals surface area (Å²) in [6.07, 6.45) is 2.19. The minimum absolute atomic E-state index is 0.0453. The molecule has 0 radical (unpaired) electrons. The smallest absolute Gasteiger partial charge is 0.407 e. The molecule has 3 rings (SSSR count). The van der Waals surface area contributed by atoms with Gasteiger partial charge in [0.1, 0.15) is 5.60 Å². The predicted octanol–water partition coefficient (Wildman–Crippen LogP) is 2.98. The largest absolute Gasteiger partial charge is 0.444 e. The molecule has 2 aliphatic rings. The van der Waals surface area contributed by atoms with Gasteiger partial charge in [0.25, 0.3) is 5.91 Å². The van der Waals surface area contributed by atoms with Gasteiger partial charge in [0, 0.05) is 36.8 Å². The van der Waals surface area contributed by atoms with Crippen molar-refractivity contribution in [2.75, 3.05) is 13.2 Å². The number of carbonyl (C=O) groups is 2. The van der Waals surface area contributed by atoms with E-state index in [1.807, 2.05) is 45.0 Å². The van der Waals surface area contributed by atoms with Crippen LogP contribution in [-0.2, 0) is 9.47 Å². The third-order valence-electron chi connectivity index (χ3n) is 4.63. The Balaban J connectivity index is 1.55. The Morgan fingerprint density at radius 2 is 1.88 bits per heavy atom. The summed E-state index contributed by atoms with van der Waals surface area (Å²) < 4.78 is 10.6. The number of carbonyl (C=O) groups excluding carboxylic acids is 2. The zero-order valence-electron chi connectivity index (χ0n) is 15.7. The maximum Gasteiger partial charge on any atom is 0.407 e. The van der Waals surface area contributed by atoms with Crippen molar-refractivity contribution >= 4 is 12.0 Å². The summed E-state index contributed by atoms with van der Waals surface area (Å²) in [6, 6.07) is 7.91. The van der Waals surface area contributed by atoms with Crippen LogP contribution in [0.25, 0.3) is 0 Å². The average molecular weight is 360 g/mol. The molecule has 0 spiro atoms. The van der Waals surface area contributed by atoms with E-state index in [0.29, 0.717) is 18.8 Å². The van der Waals surface area contributed by atoms with Crippen molar-refractivity contribution in [3.8, 4) is 0 Å². The van der Waals surface area contributed by atoms with Gasteiger partial charge in [-0.15, -0.1) is 0 Å². The number of hydrogen-bond acceptors (Lipinski definition) is 4. The lowest BCUT2D eigenvalue weighted by Gasteiger charge is -2.23. The second-order valence-electron chi connectivity index (χ2n) is 8.08. The molecule has 1 aromatic carbocycles. The van der Waals surface area contributed by atoms with Gasteiger partial charge in [0.15, 0.2) is 0 Å². The second-order valence-corrected chi connectivity index (χ2v) is 8.08. The zero-order valence-corrected chi connectivity index (χ0v) is 15.7. The zero-order chi connectivity index (χ0) is 18.7. The lowest BCUT2D eigenvalue weighted by Crippen LogP contribution is -2.38. The third-order valence-corrected chi connectivity index (χ3v) is 4.63. The average Bonchev–Trinajstić information content (AvgIpc) is 3.33. The third kappa shape index (κ3) is 5.21. The predicted molar refractivity (Wildman–Crippen MR) is 98.3 cm³/mol. The fraction of sp³-hybridized carbons (Fsp3) is 0.600. The van der Waals surface area contributed by atoms with Gasteiger partial charge >= 0.3 is 6.09 Å². The van der Waals surface area contributed by atoms with Crippen molar-refractivity contribution in [1.29, 1.82) is 0 Å².